The van der Waals surface area contributed by atoms with Crippen molar-refractivity contribution in [1.29, 1.82) is 0 Å². The van der Waals surface area contributed by atoms with Crippen LogP contribution in [0.4, 0.5) is 4.39 Å². The van der Waals surface area contributed by atoms with Gasteiger partial charge < -0.3 is 9.47 Å². The number of ether oxygens (including phenoxy) is 2. The van der Waals surface area contributed by atoms with Crippen LogP contribution in [0.25, 0.3) is 0 Å². The van der Waals surface area contributed by atoms with Crippen LogP contribution in [-0.2, 0) is 11.3 Å². The van der Waals surface area contributed by atoms with E-state index in [2.05, 4.69) is 23.3 Å². The average molecular weight is 396 g/mol. The van der Waals surface area contributed by atoms with Crippen molar-refractivity contribution in [2.24, 2.45) is 0 Å². The number of nitrogens with zero attached hydrogens (tertiary/aromatic N) is 1. The van der Waals surface area contributed by atoms with Crippen molar-refractivity contribution in [3.05, 3.63) is 46.6 Å². The van der Waals surface area contributed by atoms with Gasteiger partial charge in [0.2, 0.25) is 0 Å². The van der Waals surface area contributed by atoms with Gasteiger partial charge in [-0.25, -0.2) is 4.39 Å². The topological polar surface area (TPSA) is 38.8 Å². The number of carbonyl (C=O) groups excluding carboxylic acids is 1. The van der Waals surface area contributed by atoms with Gasteiger partial charge in [0.1, 0.15) is 24.3 Å². The lowest BCUT2D eigenvalue weighted by atomic mass is 10.1. The van der Waals surface area contributed by atoms with Crippen molar-refractivity contribution in [2.45, 2.75) is 23.8 Å². The van der Waals surface area contributed by atoms with Crippen LogP contribution in [-0.4, -0.2) is 49.3 Å². The quantitative estimate of drug-likeness (QED) is 0.522. The molecule has 1 atom stereocenters. The fourth-order valence-corrected chi connectivity index (χ4v) is 4.49. The van der Waals surface area contributed by atoms with Gasteiger partial charge in [0.25, 0.3) is 0 Å². The molecule has 0 spiro atoms. The van der Waals surface area contributed by atoms with E-state index in [4.69, 9.17) is 9.47 Å². The molecule has 1 saturated heterocycles. The molecule has 0 radical (unpaired) electrons. The summed E-state index contributed by atoms with van der Waals surface area (Å²) in [5.41, 5.74) is 0.0815. The first-order valence-corrected chi connectivity index (χ1v) is 10.5. The van der Waals surface area contributed by atoms with E-state index in [1.165, 1.54) is 28.1 Å². The van der Waals surface area contributed by atoms with E-state index in [0.29, 0.717) is 19.0 Å². The van der Waals surface area contributed by atoms with Crippen molar-refractivity contribution in [1.82, 2.24) is 4.90 Å². The first kappa shape index (κ1) is 19.4. The van der Waals surface area contributed by atoms with Gasteiger partial charge in [-0.1, -0.05) is 0 Å². The Morgan fingerprint density at radius 1 is 1.42 bits per heavy atom. The van der Waals surface area contributed by atoms with Gasteiger partial charge in [0, 0.05) is 30.6 Å². The van der Waals surface area contributed by atoms with E-state index < -0.39 is 5.82 Å². The zero-order valence-electron chi connectivity index (χ0n) is 14.9. The van der Waals surface area contributed by atoms with Gasteiger partial charge >= 0.3 is 0 Å². The van der Waals surface area contributed by atoms with Crippen LogP contribution in [0, 0.1) is 5.82 Å². The normalized spacial score (nSPS) is 18.0. The first-order valence-electron chi connectivity index (χ1n) is 8.45. The number of thiophene rings is 1. The number of carbonyl (C=O) groups is 1. The van der Waals surface area contributed by atoms with Gasteiger partial charge in [0.05, 0.1) is 16.4 Å². The molecular weight excluding hydrogens is 373 g/mol. The summed E-state index contributed by atoms with van der Waals surface area (Å²) in [7, 11) is 0. The molecule has 0 N–H and O–H groups in total. The van der Waals surface area contributed by atoms with Gasteiger partial charge in [-0.05, 0) is 37.4 Å². The zero-order chi connectivity index (χ0) is 18.5. The van der Waals surface area contributed by atoms with Gasteiger partial charge in [-0.2, -0.15) is 0 Å². The number of rotatable bonds is 7. The predicted molar refractivity (Wildman–Crippen MR) is 103 cm³/mol. The Morgan fingerprint density at radius 3 is 2.96 bits per heavy atom. The van der Waals surface area contributed by atoms with Crippen LogP contribution in [0.3, 0.4) is 0 Å². The zero-order valence-corrected chi connectivity index (χ0v) is 16.5. The smallest absolute Gasteiger partial charge is 0.162 e. The molecule has 0 amide bonds. The molecule has 140 valence electrons. The highest BCUT2D eigenvalue weighted by atomic mass is 32.2. The number of ketones is 1. The highest BCUT2D eigenvalue weighted by molar-refractivity contribution is 8.00. The minimum absolute atomic E-state index is 0.0562. The maximum absolute atomic E-state index is 13.9. The van der Waals surface area contributed by atoms with Gasteiger partial charge in [0.15, 0.2) is 5.78 Å². The summed E-state index contributed by atoms with van der Waals surface area (Å²) in [4.78, 5) is 15.0. The molecule has 1 aliphatic heterocycles. The van der Waals surface area contributed by atoms with Crippen molar-refractivity contribution in [2.75, 3.05) is 32.6 Å². The lowest BCUT2D eigenvalue weighted by molar-refractivity contribution is -0.0502. The molecule has 1 fully saturated rings. The molecule has 7 heteroatoms. The molecule has 1 unspecified atom stereocenters. The third-order valence-electron chi connectivity index (χ3n) is 4.20. The second-order valence-electron chi connectivity index (χ2n) is 6.16. The molecule has 0 aliphatic carbocycles. The van der Waals surface area contributed by atoms with Crippen molar-refractivity contribution in [3.8, 4) is 5.75 Å². The fourth-order valence-electron chi connectivity index (χ4n) is 2.86. The average Bonchev–Trinajstić information content (AvgIpc) is 3.07. The molecule has 1 aromatic carbocycles. The predicted octanol–water partition coefficient (Wildman–Crippen LogP) is 4.09. The summed E-state index contributed by atoms with van der Waals surface area (Å²) in [6.07, 6.45) is 2.03. The van der Waals surface area contributed by atoms with Gasteiger partial charge in [-0.15, -0.1) is 23.1 Å². The van der Waals surface area contributed by atoms with Crippen LogP contribution < -0.4 is 4.74 Å². The van der Waals surface area contributed by atoms with E-state index in [-0.39, 0.29) is 17.5 Å². The molecule has 2 heterocycles. The fraction of sp³-hybridized carbons (Fsp3) is 0.421. The summed E-state index contributed by atoms with van der Waals surface area (Å²) < 4.78 is 26.6. The number of morpholine rings is 1. The standard InChI is InChI=1S/C19H22FNO3S2/c1-13(22)17-5-3-14(9-18(17)20)24-12-15-10-21(7-8-23-15)11-16-4-6-19(25-2)26-16/h3-6,9,15H,7-8,10-12H2,1-2H3. The Hall–Kier alpha value is -1.41. The second kappa shape index (κ2) is 8.99. The summed E-state index contributed by atoms with van der Waals surface area (Å²) in [6.45, 7) is 4.94. The lowest BCUT2D eigenvalue weighted by Gasteiger charge is -2.32. The molecule has 0 bridgehead atoms. The number of benzene rings is 1. The monoisotopic (exact) mass is 395 g/mol. The van der Waals surface area contributed by atoms with E-state index in [0.717, 1.165) is 19.6 Å². The Morgan fingerprint density at radius 2 is 2.27 bits per heavy atom. The Kier molecular flexibility index (Phi) is 6.69. The Balaban J connectivity index is 1.52. The molecule has 0 saturated carbocycles. The minimum Gasteiger partial charge on any atom is -0.491 e. The Bertz CT molecular complexity index is 765. The summed E-state index contributed by atoms with van der Waals surface area (Å²) >= 11 is 3.59. The van der Waals surface area contributed by atoms with Crippen LogP contribution in [0.1, 0.15) is 22.2 Å². The molecular formula is C19H22FNO3S2. The van der Waals surface area contributed by atoms with E-state index in [1.807, 2.05) is 11.3 Å². The summed E-state index contributed by atoms with van der Waals surface area (Å²) in [5.74, 6) is -0.432. The van der Waals surface area contributed by atoms with Crippen molar-refractivity contribution >= 4 is 28.9 Å². The van der Waals surface area contributed by atoms with Crippen LogP contribution >= 0.6 is 23.1 Å². The molecule has 26 heavy (non-hydrogen) atoms. The largest absolute Gasteiger partial charge is 0.491 e. The third-order valence-corrected chi connectivity index (χ3v) is 6.35. The summed E-state index contributed by atoms with van der Waals surface area (Å²) in [6, 6.07) is 8.67. The minimum atomic E-state index is -0.552. The molecule has 1 aromatic heterocycles. The van der Waals surface area contributed by atoms with Crippen molar-refractivity contribution in [3.63, 3.8) is 0 Å². The maximum atomic E-state index is 13.9. The maximum Gasteiger partial charge on any atom is 0.162 e. The number of Topliss-reactive ketones (excluding diaryl/α,β-unsaturated/α-hetero) is 1. The van der Waals surface area contributed by atoms with Crippen LogP contribution in [0.2, 0.25) is 0 Å². The van der Waals surface area contributed by atoms with Crippen LogP contribution in [0.5, 0.6) is 5.75 Å². The van der Waals surface area contributed by atoms with E-state index >= 15 is 0 Å². The van der Waals surface area contributed by atoms with Crippen LogP contribution in [0.15, 0.2) is 34.5 Å². The van der Waals surface area contributed by atoms with Crippen molar-refractivity contribution < 1.29 is 18.7 Å². The SMILES string of the molecule is CSc1ccc(CN2CCOC(COc3ccc(C(C)=O)c(F)c3)C2)s1. The molecule has 4 nitrogen and oxygen atoms in total. The molecule has 1 aliphatic rings. The number of hydrogen-bond donors (Lipinski definition) is 0. The number of hydrogen-bond acceptors (Lipinski definition) is 6. The van der Waals surface area contributed by atoms with E-state index in [1.54, 1.807) is 17.8 Å². The molecule has 2 aromatic rings. The lowest BCUT2D eigenvalue weighted by Crippen LogP contribution is -2.44. The number of thioether (sulfide) groups is 1. The summed E-state index contributed by atoms with van der Waals surface area (Å²) in [5, 5.41) is 0. The molecule has 3 rings (SSSR count). The highest BCUT2D eigenvalue weighted by Gasteiger charge is 2.22. The highest BCUT2D eigenvalue weighted by Crippen LogP contribution is 2.26. The Labute approximate surface area is 161 Å². The van der Waals surface area contributed by atoms with E-state index in [9.17, 15) is 9.18 Å². The van der Waals surface area contributed by atoms with Gasteiger partial charge in [-0.3, -0.25) is 9.69 Å². The first-order chi connectivity index (χ1) is 12.5. The third kappa shape index (κ3) is 5.07. The number of halogens is 1. The second-order valence-corrected chi connectivity index (χ2v) is 8.44.